The second-order valence-corrected chi connectivity index (χ2v) is 3.03. The van der Waals surface area contributed by atoms with Crippen molar-refractivity contribution in [2.24, 2.45) is 5.73 Å². The Morgan fingerprint density at radius 2 is 2.17 bits per heavy atom. The first-order valence-electron chi connectivity index (χ1n) is 3.97. The highest BCUT2D eigenvalue weighted by molar-refractivity contribution is 5.15. The van der Waals surface area contributed by atoms with Gasteiger partial charge in [0, 0.05) is 6.20 Å². The van der Waals surface area contributed by atoms with Gasteiger partial charge in [-0.05, 0) is 25.5 Å². The van der Waals surface area contributed by atoms with Gasteiger partial charge in [0.15, 0.2) is 0 Å². The minimum absolute atomic E-state index is 0.384. The van der Waals surface area contributed by atoms with Crippen molar-refractivity contribution in [2.75, 3.05) is 0 Å². The third kappa shape index (κ3) is 2.03. The highest BCUT2D eigenvalue weighted by Crippen LogP contribution is 2.11. The second kappa shape index (κ2) is 3.65. The first kappa shape index (κ1) is 9.16. The molecular formula is C9H14N2O. The minimum Gasteiger partial charge on any atom is -0.391 e. The molecule has 2 unspecified atom stereocenters. The molecule has 12 heavy (non-hydrogen) atoms. The summed E-state index contributed by atoms with van der Waals surface area (Å²) in [7, 11) is 0. The van der Waals surface area contributed by atoms with Crippen LogP contribution in [-0.4, -0.2) is 16.2 Å². The van der Waals surface area contributed by atoms with Crippen LogP contribution in [-0.2, 0) is 0 Å². The molecule has 3 nitrogen and oxygen atoms in total. The maximum Gasteiger partial charge on any atom is 0.0730 e. The van der Waals surface area contributed by atoms with Crippen molar-refractivity contribution in [3.05, 3.63) is 29.6 Å². The average molecular weight is 166 g/mol. The average Bonchev–Trinajstić information content (AvgIpc) is 2.04. The number of nitrogens with zero attached hydrogens (tertiary/aromatic N) is 1. The van der Waals surface area contributed by atoms with Crippen molar-refractivity contribution in [2.45, 2.75) is 26.0 Å². The van der Waals surface area contributed by atoms with Crippen LogP contribution in [0.1, 0.15) is 24.2 Å². The van der Waals surface area contributed by atoms with Crippen LogP contribution in [0.4, 0.5) is 0 Å². The van der Waals surface area contributed by atoms with Crippen LogP contribution in [0.15, 0.2) is 18.3 Å². The van der Waals surface area contributed by atoms with Crippen molar-refractivity contribution >= 4 is 0 Å². The van der Waals surface area contributed by atoms with Crippen LogP contribution in [0.25, 0.3) is 0 Å². The molecule has 0 spiro atoms. The van der Waals surface area contributed by atoms with Crippen LogP contribution in [0.3, 0.4) is 0 Å². The van der Waals surface area contributed by atoms with Gasteiger partial charge in [0.1, 0.15) is 0 Å². The SMILES string of the molecule is Cc1ccc(C(N)C(C)O)nc1. The van der Waals surface area contributed by atoms with Gasteiger partial charge in [-0.1, -0.05) is 6.07 Å². The Balaban J connectivity index is 2.82. The maximum atomic E-state index is 9.18. The Labute approximate surface area is 72.2 Å². The summed E-state index contributed by atoms with van der Waals surface area (Å²) >= 11 is 0. The highest BCUT2D eigenvalue weighted by atomic mass is 16.3. The molecule has 0 radical (unpaired) electrons. The van der Waals surface area contributed by atoms with E-state index in [1.54, 1.807) is 13.1 Å². The topological polar surface area (TPSA) is 59.1 Å². The van der Waals surface area contributed by atoms with Crippen LogP contribution >= 0.6 is 0 Å². The van der Waals surface area contributed by atoms with Gasteiger partial charge in [-0.3, -0.25) is 4.98 Å². The lowest BCUT2D eigenvalue weighted by molar-refractivity contribution is 0.162. The third-order valence-electron chi connectivity index (χ3n) is 1.80. The van der Waals surface area contributed by atoms with Gasteiger partial charge in [0.25, 0.3) is 0 Å². The number of aryl methyl sites for hydroxylation is 1. The molecule has 1 heterocycles. The van der Waals surface area contributed by atoms with E-state index >= 15 is 0 Å². The third-order valence-corrected chi connectivity index (χ3v) is 1.80. The van der Waals surface area contributed by atoms with E-state index in [0.29, 0.717) is 0 Å². The zero-order valence-corrected chi connectivity index (χ0v) is 7.36. The standard InChI is InChI=1S/C9H14N2O/c1-6-3-4-8(11-5-6)9(10)7(2)12/h3-5,7,9,12H,10H2,1-2H3. The number of aliphatic hydroxyl groups excluding tert-OH is 1. The van der Waals surface area contributed by atoms with Gasteiger partial charge in [0.05, 0.1) is 17.8 Å². The Kier molecular flexibility index (Phi) is 2.78. The van der Waals surface area contributed by atoms with Gasteiger partial charge >= 0.3 is 0 Å². The molecule has 1 aromatic rings. The van der Waals surface area contributed by atoms with E-state index in [2.05, 4.69) is 4.98 Å². The Morgan fingerprint density at radius 3 is 2.58 bits per heavy atom. The summed E-state index contributed by atoms with van der Waals surface area (Å²) in [6, 6.07) is 3.39. The van der Waals surface area contributed by atoms with Crippen molar-refractivity contribution in [3.63, 3.8) is 0 Å². The number of nitrogens with two attached hydrogens (primary N) is 1. The fourth-order valence-corrected chi connectivity index (χ4v) is 0.924. The van der Waals surface area contributed by atoms with Crippen molar-refractivity contribution < 1.29 is 5.11 Å². The van der Waals surface area contributed by atoms with Crippen LogP contribution in [0, 0.1) is 6.92 Å². The van der Waals surface area contributed by atoms with Gasteiger partial charge in [-0.2, -0.15) is 0 Å². The molecule has 66 valence electrons. The molecule has 1 rings (SSSR count). The molecule has 0 amide bonds. The first-order valence-corrected chi connectivity index (χ1v) is 3.97. The molecule has 0 fully saturated rings. The van der Waals surface area contributed by atoms with E-state index in [4.69, 9.17) is 5.73 Å². The van der Waals surface area contributed by atoms with Gasteiger partial charge < -0.3 is 10.8 Å². The largest absolute Gasteiger partial charge is 0.391 e. The van der Waals surface area contributed by atoms with Crippen molar-refractivity contribution in [3.8, 4) is 0 Å². The van der Waals surface area contributed by atoms with E-state index in [-0.39, 0.29) is 6.04 Å². The molecule has 0 saturated carbocycles. The number of aromatic nitrogens is 1. The quantitative estimate of drug-likeness (QED) is 0.682. The monoisotopic (exact) mass is 166 g/mol. The smallest absolute Gasteiger partial charge is 0.0730 e. The normalized spacial score (nSPS) is 15.7. The van der Waals surface area contributed by atoms with E-state index in [1.165, 1.54) is 0 Å². The number of hydrogen-bond acceptors (Lipinski definition) is 3. The predicted octanol–water partition coefficient (Wildman–Crippen LogP) is 0.771. The summed E-state index contributed by atoms with van der Waals surface area (Å²) in [6.45, 7) is 3.62. The number of rotatable bonds is 2. The number of aliphatic hydroxyl groups is 1. The summed E-state index contributed by atoms with van der Waals surface area (Å²) < 4.78 is 0. The lowest BCUT2D eigenvalue weighted by atomic mass is 10.1. The zero-order valence-electron chi connectivity index (χ0n) is 7.36. The fourth-order valence-electron chi connectivity index (χ4n) is 0.924. The number of hydrogen-bond donors (Lipinski definition) is 2. The lowest BCUT2D eigenvalue weighted by Crippen LogP contribution is -2.24. The molecule has 1 aromatic heterocycles. The molecule has 0 saturated heterocycles. The van der Waals surface area contributed by atoms with Crippen LogP contribution in [0.5, 0.6) is 0 Å². The summed E-state index contributed by atoms with van der Waals surface area (Å²) in [5, 5.41) is 9.18. The van der Waals surface area contributed by atoms with Gasteiger partial charge in [0.2, 0.25) is 0 Å². The lowest BCUT2D eigenvalue weighted by Gasteiger charge is -2.13. The van der Waals surface area contributed by atoms with Crippen LogP contribution < -0.4 is 5.73 Å². The summed E-state index contributed by atoms with van der Waals surface area (Å²) in [5.41, 5.74) is 7.50. The Hall–Kier alpha value is -0.930. The van der Waals surface area contributed by atoms with Crippen LogP contribution in [0.2, 0.25) is 0 Å². The van der Waals surface area contributed by atoms with Gasteiger partial charge in [-0.15, -0.1) is 0 Å². The van der Waals surface area contributed by atoms with E-state index in [0.717, 1.165) is 11.3 Å². The molecular weight excluding hydrogens is 152 g/mol. The second-order valence-electron chi connectivity index (χ2n) is 3.03. The summed E-state index contributed by atoms with van der Waals surface area (Å²) in [4.78, 5) is 4.11. The Bertz CT molecular complexity index is 243. The molecule has 0 bridgehead atoms. The fraction of sp³-hybridized carbons (Fsp3) is 0.444. The first-order chi connectivity index (χ1) is 5.61. The molecule has 3 heteroatoms. The molecule has 0 aromatic carbocycles. The molecule has 3 N–H and O–H groups in total. The van der Waals surface area contributed by atoms with Gasteiger partial charge in [-0.25, -0.2) is 0 Å². The Morgan fingerprint density at radius 1 is 1.50 bits per heavy atom. The predicted molar refractivity (Wildman–Crippen MR) is 47.6 cm³/mol. The molecule has 0 aliphatic rings. The van der Waals surface area contributed by atoms with E-state index in [1.807, 2.05) is 19.1 Å². The van der Waals surface area contributed by atoms with E-state index in [9.17, 15) is 5.11 Å². The summed E-state index contributed by atoms with van der Waals surface area (Å²) in [5.74, 6) is 0. The van der Waals surface area contributed by atoms with Crippen molar-refractivity contribution in [1.82, 2.24) is 4.98 Å². The number of pyridine rings is 1. The molecule has 0 aliphatic heterocycles. The summed E-state index contributed by atoms with van der Waals surface area (Å²) in [6.07, 6.45) is 1.19. The van der Waals surface area contributed by atoms with E-state index < -0.39 is 6.10 Å². The van der Waals surface area contributed by atoms with Crippen molar-refractivity contribution in [1.29, 1.82) is 0 Å². The highest BCUT2D eigenvalue weighted by Gasteiger charge is 2.12. The minimum atomic E-state index is -0.555. The molecule has 0 aliphatic carbocycles. The molecule has 2 atom stereocenters. The maximum absolute atomic E-state index is 9.18. The zero-order chi connectivity index (χ0) is 9.14.